The van der Waals surface area contributed by atoms with Gasteiger partial charge in [0.05, 0.1) is 22.5 Å². The molecule has 31 heavy (non-hydrogen) atoms. The summed E-state index contributed by atoms with van der Waals surface area (Å²) in [5.41, 5.74) is 1.27. The fraction of sp³-hybridized carbons (Fsp3) is 0.318. The molecule has 0 radical (unpaired) electrons. The molecule has 0 saturated carbocycles. The van der Waals surface area contributed by atoms with E-state index in [-0.39, 0.29) is 12.5 Å². The molecular formula is C22H20ClF3N4O. The maximum absolute atomic E-state index is 13.0. The number of pyridine rings is 1. The molecule has 2 aromatic heterocycles. The van der Waals surface area contributed by atoms with Crippen molar-refractivity contribution in [1.29, 1.82) is 0 Å². The van der Waals surface area contributed by atoms with Gasteiger partial charge in [-0.1, -0.05) is 23.7 Å². The Bertz CT molecular complexity index is 1060. The number of alkyl halides is 3. The molecule has 1 aliphatic heterocycles. The van der Waals surface area contributed by atoms with E-state index in [2.05, 4.69) is 14.9 Å². The van der Waals surface area contributed by atoms with Gasteiger partial charge in [-0.2, -0.15) is 13.2 Å². The average Bonchev–Trinajstić information content (AvgIpc) is 2.78. The Morgan fingerprint density at radius 2 is 1.87 bits per heavy atom. The standard InChI is InChI=1S/C22H20ClF3N4O/c23-18-10-27-8-7-17(18)21-20(15-3-5-16(6-4-15)22(24,25)26)28-11-19(29-21)30-9-1-2-14(12-30)13-31/h3-8,10-11,14,31H,1-2,9,12-13H2. The number of hydrogen-bond donors (Lipinski definition) is 1. The molecule has 1 unspecified atom stereocenters. The van der Waals surface area contributed by atoms with Gasteiger partial charge in [-0.25, -0.2) is 4.98 Å². The smallest absolute Gasteiger partial charge is 0.396 e. The zero-order valence-electron chi connectivity index (χ0n) is 16.5. The van der Waals surface area contributed by atoms with E-state index in [1.54, 1.807) is 18.5 Å². The molecule has 1 aromatic carbocycles. The van der Waals surface area contributed by atoms with E-state index in [0.29, 0.717) is 39.9 Å². The fourth-order valence-electron chi connectivity index (χ4n) is 3.74. The summed E-state index contributed by atoms with van der Waals surface area (Å²) in [6, 6.07) is 6.52. The second kappa shape index (κ2) is 8.80. The number of nitrogens with zero attached hydrogens (tertiary/aromatic N) is 4. The third-order valence-corrected chi connectivity index (χ3v) is 5.68. The van der Waals surface area contributed by atoms with Crippen LogP contribution in [0.1, 0.15) is 18.4 Å². The molecule has 1 atom stereocenters. The fourth-order valence-corrected chi connectivity index (χ4v) is 3.95. The van der Waals surface area contributed by atoms with Gasteiger partial charge in [-0.05, 0) is 37.0 Å². The lowest BCUT2D eigenvalue weighted by atomic mass is 9.99. The predicted molar refractivity (Wildman–Crippen MR) is 113 cm³/mol. The van der Waals surface area contributed by atoms with Crippen molar-refractivity contribution in [2.24, 2.45) is 5.92 Å². The number of hydrogen-bond acceptors (Lipinski definition) is 5. The molecule has 0 amide bonds. The van der Waals surface area contributed by atoms with Crippen LogP contribution in [0.15, 0.2) is 48.9 Å². The van der Waals surface area contributed by atoms with Crippen LogP contribution in [0.25, 0.3) is 22.5 Å². The summed E-state index contributed by atoms with van der Waals surface area (Å²) >= 11 is 6.36. The first-order valence-electron chi connectivity index (χ1n) is 9.87. The molecular weight excluding hydrogens is 429 g/mol. The molecule has 5 nitrogen and oxygen atoms in total. The largest absolute Gasteiger partial charge is 0.416 e. The van der Waals surface area contributed by atoms with E-state index in [1.807, 2.05) is 0 Å². The maximum atomic E-state index is 13.0. The highest BCUT2D eigenvalue weighted by Gasteiger charge is 2.30. The molecule has 9 heteroatoms. The van der Waals surface area contributed by atoms with E-state index in [9.17, 15) is 18.3 Å². The minimum Gasteiger partial charge on any atom is -0.396 e. The van der Waals surface area contributed by atoms with Crippen molar-refractivity contribution in [3.8, 4) is 22.5 Å². The van der Waals surface area contributed by atoms with Crippen LogP contribution in [-0.2, 0) is 6.18 Å². The SMILES string of the molecule is OCC1CCCN(c2cnc(-c3ccc(C(F)(F)F)cc3)c(-c3ccncc3Cl)n2)C1. The molecule has 0 spiro atoms. The molecule has 162 valence electrons. The van der Waals surface area contributed by atoms with Crippen LogP contribution in [0.3, 0.4) is 0 Å². The van der Waals surface area contributed by atoms with Gasteiger partial charge in [-0.3, -0.25) is 9.97 Å². The molecule has 0 aliphatic carbocycles. The number of rotatable bonds is 4. The van der Waals surface area contributed by atoms with Crippen LogP contribution in [0.5, 0.6) is 0 Å². The first kappa shape index (κ1) is 21.5. The molecule has 1 fully saturated rings. The first-order valence-corrected chi connectivity index (χ1v) is 10.2. The van der Waals surface area contributed by atoms with Crippen molar-refractivity contribution in [1.82, 2.24) is 15.0 Å². The van der Waals surface area contributed by atoms with Gasteiger partial charge < -0.3 is 10.0 Å². The van der Waals surface area contributed by atoms with Gasteiger partial charge in [0.2, 0.25) is 0 Å². The second-order valence-corrected chi connectivity index (χ2v) is 7.90. The highest BCUT2D eigenvalue weighted by Crippen LogP contribution is 2.36. The normalized spacial score (nSPS) is 17.1. The molecule has 3 heterocycles. The number of aliphatic hydroxyl groups is 1. The van der Waals surface area contributed by atoms with E-state index < -0.39 is 11.7 Å². The number of piperidine rings is 1. The topological polar surface area (TPSA) is 62.1 Å². The van der Waals surface area contributed by atoms with Crippen LogP contribution in [0.4, 0.5) is 19.0 Å². The summed E-state index contributed by atoms with van der Waals surface area (Å²) in [7, 11) is 0. The Balaban J connectivity index is 1.79. The molecule has 4 rings (SSSR count). The highest BCUT2D eigenvalue weighted by atomic mass is 35.5. The van der Waals surface area contributed by atoms with Gasteiger partial charge in [0, 0.05) is 43.2 Å². The average molecular weight is 449 g/mol. The summed E-state index contributed by atoms with van der Waals surface area (Å²) in [6.07, 6.45) is 2.15. The van der Waals surface area contributed by atoms with Gasteiger partial charge >= 0.3 is 6.18 Å². The molecule has 1 N–H and O–H groups in total. The minimum atomic E-state index is -4.41. The van der Waals surface area contributed by atoms with Crippen molar-refractivity contribution < 1.29 is 18.3 Å². The van der Waals surface area contributed by atoms with Crippen molar-refractivity contribution in [3.05, 3.63) is 59.5 Å². The quantitative estimate of drug-likeness (QED) is 0.602. The van der Waals surface area contributed by atoms with Gasteiger partial charge in [0.15, 0.2) is 0 Å². The van der Waals surface area contributed by atoms with Gasteiger partial charge in [-0.15, -0.1) is 0 Å². The monoisotopic (exact) mass is 448 g/mol. The number of aromatic nitrogens is 3. The van der Waals surface area contributed by atoms with Crippen molar-refractivity contribution in [3.63, 3.8) is 0 Å². The molecule has 1 saturated heterocycles. The van der Waals surface area contributed by atoms with E-state index >= 15 is 0 Å². The first-order chi connectivity index (χ1) is 14.9. The van der Waals surface area contributed by atoms with Crippen LogP contribution in [0, 0.1) is 5.92 Å². The molecule has 3 aromatic rings. The summed E-state index contributed by atoms with van der Waals surface area (Å²) in [5.74, 6) is 0.801. The van der Waals surface area contributed by atoms with Crippen molar-refractivity contribution in [2.75, 3.05) is 24.6 Å². The Kier molecular flexibility index (Phi) is 6.11. The third kappa shape index (κ3) is 4.65. The van der Waals surface area contributed by atoms with Crippen LogP contribution in [0.2, 0.25) is 5.02 Å². The lowest BCUT2D eigenvalue weighted by molar-refractivity contribution is -0.137. The number of aliphatic hydroxyl groups excluding tert-OH is 1. The zero-order valence-corrected chi connectivity index (χ0v) is 17.2. The maximum Gasteiger partial charge on any atom is 0.416 e. The Morgan fingerprint density at radius 1 is 1.10 bits per heavy atom. The van der Waals surface area contributed by atoms with Crippen LogP contribution >= 0.6 is 11.6 Å². The van der Waals surface area contributed by atoms with E-state index in [1.165, 1.54) is 18.3 Å². The molecule has 0 bridgehead atoms. The van der Waals surface area contributed by atoms with Gasteiger partial charge in [0.1, 0.15) is 11.5 Å². The van der Waals surface area contributed by atoms with Crippen molar-refractivity contribution in [2.45, 2.75) is 19.0 Å². The zero-order chi connectivity index (χ0) is 22.0. The van der Waals surface area contributed by atoms with Crippen LogP contribution in [-0.4, -0.2) is 39.8 Å². The van der Waals surface area contributed by atoms with Crippen LogP contribution < -0.4 is 4.90 Å². The highest BCUT2D eigenvalue weighted by molar-refractivity contribution is 6.33. The Labute approximate surface area is 182 Å². The lowest BCUT2D eigenvalue weighted by Gasteiger charge is -2.32. The Hall–Kier alpha value is -2.71. The number of benzene rings is 1. The van der Waals surface area contributed by atoms with E-state index in [0.717, 1.165) is 31.5 Å². The predicted octanol–water partition coefficient (Wildman–Crippen LogP) is 5.09. The summed E-state index contributed by atoms with van der Waals surface area (Å²) < 4.78 is 38.9. The van der Waals surface area contributed by atoms with Crippen molar-refractivity contribution >= 4 is 17.4 Å². The molecule has 1 aliphatic rings. The Morgan fingerprint density at radius 3 is 2.55 bits per heavy atom. The summed E-state index contributed by atoms with van der Waals surface area (Å²) in [6.45, 7) is 1.55. The number of anilines is 1. The number of halogens is 4. The lowest BCUT2D eigenvalue weighted by Crippen LogP contribution is -2.37. The summed E-state index contributed by atoms with van der Waals surface area (Å²) in [5, 5.41) is 9.90. The second-order valence-electron chi connectivity index (χ2n) is 7.49. The van der Waals surface area contributed by atoms with Gasteiger partial charge in [0.25, 0.3) is 0 Å². The summed E-state index contributed by atoms with van der Waals surface area (Å²) in [4.78, 5) is 15.4. The minimum absolute atomic E-state index is 0.108. The van der Waals surface area contributed by atoms with E-state index in [4.69, 9.17) is 16.6 Å². The third-order valence-electron chi connectivity index (χ3n) is 5.37.